The molecule has 0 N–H and O–H groups in total. The minimum absolute atomic E-state index is 0.628. The monoisotopic (exact) mass is 204 g/mol. The first-order valence-electron chi connectivity index (χ1n) is 4.35. The van der Waals surface area contributed by atoms with Crippen LogP contribution in [-0.2, 0) is 0 Å². The minimum Gasteiger partial charge on any atom is -0.493 e. The van der Waals surface area contributed by atoms with E-state index in [9.17, 15) is 0 Å². The van der Waals surface area contributed by atoms with Gasteiger partial charge in [-0.3, -0.25) is 0 Å². The first kappa shape index (κ1) is 9.51. The lowest BCUT2D eigenvalue weighted by molar-refractivity contribution is 0.354. The fourth-order valence-corrected chi connectivity index (χ4v) is 1.22. The Balaban J connectivity index is 2.43. The molecule has 0 aliphatic rings. The summed E-state index contributed by atoms with van der Waals surface area (Å²) >= 11 is 0. The zero-order chi connectivity index (χ0) is 10.7. The van der Waals surface area contributed by atoms with Crippen molar-refractivity contribution in [2.45, 2.75) is 0 Å². The van der Waals surface area contributed by atoms with Gasteiger partial charge in [-0.2, -0.15) is 15.0 Å². The summed E-state index contributed by atoms with van der Waals surface area (Å²) in [6.07, 6.45) is 3.20. The Bertz CT molecular complexity index is 440. The normalized spacial score (nSPS) is 10.0. The Hall–Kier alpha value is -2.04. The lowest BCUT2D eigenvalue weighted by Gasteiger charge is -2.08. The summed E-state index contributed by atoms with van der Waals surface area (Å²) < 4.78 is 10.3. The molecule has 0 bridgehead atoms. The van der Waals surface area contributed by atoms with E-state index in [2.05, 4.69) is 16.3 Å². The largest absolute Gasteiger partial charge is 0.493 e. The van der Waals surface area contributed by atoms with Gasteiger partial charge in [-0.05, 0) is 6.07 Å². The predicted molar refractivity (Wildman–Crippen MR) is 53.3 cm³/mol. The van der Waals surface area contributed by atoms with Crippen molar-refractivity contribution in [2.24, 2.45) is 0 Å². The van der Waals surface area contributed by atoms with Gasteiger partial charge < -0.3 is 9.47 Å². The number of nitrogens with zero attached hydrogens (tertiary/aromatic N) is 3. The molecule has 0 aliphatic heterocycles. The summed E-state index contributed by atoms with van der Waals surface area (Å²) in [6.45, 7) is 0. The van der Waals surface area contributed by atoms with Crippen LogP contribution in [0.3, 0.4) is 0 Å². The first-order valence-corrected chi connectivity index (χ1v) is 4.35. The van der Waals surface area contributed by atoms with Gasteiger partial charge in [0.05, 0.1) is 32.3 Å². The molecule has 0 atom stereocenters. The van der Waals surface area contributed by atoms with Crippen molar-refractivity contribution in [2.75, 3.05) is 14.2 Å². The van der Waals surface area contributed by atoms with Crippen LogP contribution in [-0.4, -0.2) is 29.2 Å². The number of aromatic nitrogens is 3. The number of ether oxygens (including phenoxy) is 2. The maximum absolute atomic E-state index is 5.16. The van der Waals surface area contributed by atoms with Crippen molar-refractivity contribution in [1.82, 2.24) is 15.0 Å². The van der Waals surface area contributed by atoms with Crippen molar-refractivity contribution in [3.63, 3.8) is 0 Å². The highest BCUT2D eigenvalue weighted by Crippen LogP contribution is 2.27. The third-order valence-corrected chi connectivity index (χ3v) is 1.94. The molecule has 1 radical (unpaired) electrons. The molecule has 0 aliphatic carbocycles. The second-order valence-corrected chi connectivity index (χ2v) is 2.77. The molecular formula is C10H10N3O2. The lowest BCUT2D eigenvalue weighted by atomic mass is 10.3. The summed E-state index contributed by atoms with van der Waals surface area (Å²) in [5.74, 6) is 1.26. The third-order valence-electron chi connectivity index (χ3n) is 1.94. The van der Waals surface area contributed by atoms with Crippen LogP contribution in [0.1, 0.15) is 0 Å². The second-order valence-electron chi connectivity index (χ2n) is 2.77. The molecule has 2 aromatic rings. The highest BCUT2D eigenvalue weighted by Gasteiger charge is 2.06. The molecule has 0 saturated heterocycles. The van der Waals surface area contributed by atoms with Crippen LogP contribution < -0.4 is 9.47 Å². The topological polar surface area (TPSA) is 49.2 Å². The van der Waals surface area contributed by atoms with Gasteiger partial charge in [0.25, 0.3) is 0 Å². The predicted octanol–water partition coefficient (Wildman–Crippen LogP) is 1.08. The van der Waals surface area contributed by atoms with Gasteiger partial charge >= 0.3 is 0 Å². The maximum Gasteiger partial charge on any atom is 0.162 e. The summed E-state index contributed by atoms with van der Waals surface area (Å²) in [7, 11) is 3.16. The van der Waals surface area contributed by atoms with Gasteiger partial charge in [-0.15, -0.1) is 0 Å². The smallest absolute Gasteiger partial charge is 0.162 e. The standard InChI is InChI=1S/C10H10N3O2/c1-14-9-4-3-8(7-10(9)15-2)13-11-5-6-12-13/h4-7H,1-2H3. The Labute approximate surface area is 87.2 Å². The highest BCUT2D eigenvalue weighted by atomic mass is 16.5. The van der Waals surface area contributed by atoms with Gasteiger partial charge in [0.1, 0.15) is 0 Å². The summed E-state index contributed by atoms with van der Waals surface area (Å²) in [6, 6.07) is 6.45. The molecule has 77 valence electrons. The molecule has 0 fully saturated rings. The van der Waals surface area contributed by atoms with E-state index in [0.717, 1.165) is 0 Å². The van der Waals surface area contributed by atoms with Crippen LogP contribution in [0.2, 0.25) is 0 Å². The van der Waals surface area contributed by atoms with Crippen LogP contribution in [0.15, 0.2) is 24.5 Å². The number of hydrogen-bond acceptors (Lipinski definition) is 4. The van der Waals surface area contributed by atoms with E-state index >= 15 is 0 Å². The van der Waals surface area contributed by atoms with E-state index in [4.69, 9.17) is 9.47 Å². The molecule has 5 nitrogen and oxygen atoms in total. The van der Waals surface area contributed by atoms with Crippen LogP contribution in [0.25, 0.3) is 5.69 Å². The van der Waals surface area contributed by atoms with E-state index in [1.54, 1.807) is 38.7 Å². The highest BCUT2D eigenvalue weighted by molar-refractivity contribution is 5.47. The molecule has 1 aromatic heterocycles. The van der Waals surface area contributed by atoms with Crippen LogP contribution in [0.4, 0.5) is 0 Å². The Morgan fingerprint density at radius 3 is 2.40 bits per heavy atom. The second kappa shape index (κ2) is 4.00. The van der Waals surface area contributed by atoms with Crippen LogP contribution >= 0.6 is 0 Å². The maximum atomic E-state index is 5.16. The Morgan fingerprint density at radius 1 is 1.13 bits per heavy atom. The number of benzene rings is 1. The molecule has 0 unspecified atom stereocenters. The Morgan fingerprint density at radius 2 is 1.80 bits per heavy atom. The van der Waals surface area contributed by atoms with Crippen molar-refractivity contribution in [3.05, 3.63) is 30.6 Å². The number of rotatable bonds is 3. The minimum atomic E-state index is 0.628. The quantitative estimate of drug-likeness (QED) is 0.750. The zero-order valence-electron chi connectivity index (χ0n) is 8.47. The fraction of sp³-hybridized carbons (Fsp3) is 0.200. The van der Waals surface area contributed by atoms with Gasteiger partial charge in [0.2, 0.25) is 0 Å². The first-order chi connectivity index (χ1) is 7.35. The zero-order valence-corrected chi connectivity index (χ0v) is 8.47. The van der Waals surface area contributed by atoms with E-state index < -0.39 is 0 Å². The van der Waals surface area contributed by atoms with Crippen molar-refractivity contribution >= 4 is 0 Å². The lowest BCUT2D eigenvalue weighted by Crippen LogP contribution is -2.00. The summed E-state index contributed by atoms with van der Waals surface area (Å²) in [5, 5.41) is 7.99. The Kier molecular flexibility index (Phi) is 2.53. The average molecular weight is 204 g/mol. The van der Waals surface area contributed by atoms with Crippen LogP contribution in [0.5, 0.6) is 11.5 Å². The van der Waals surface area contributed by atoms with E-state index in [1.807, 2.05) is 0 Å². The van der Waals surface area contributed by atoms with Crippen LogP contribution in [0, 0.1) is 6.07 Å². The molecular weight excluding hydrogens is 194 g/mol. The van der Waals surface area contributed by atoms with Crippen molar-refractivity contribution < 1.29 is 9.47 Å². The molecule has 15 heavy (non-hydrogen) atoms. The van der Waals surface area contributed by atoms with Gasteiger partial charge in [0.15, 0.2) is 11.5 Å². The molecule has 0 spiro atoms. The SMILES string of the molecule is COc1c[c]c(-n2nccn2)cc1OC. The van der Waals surface area contributed by atoms with E-state index in [0.29, 0.717) is 17.2 Å². The van der Waals surface area contributed by atoms with Gasteiger partial charge in [-0.25, -0.2) is 0 Å². The fourth-order valence-electron chi connectivity index (χ4n) is 1.22. The van der Waals surface area contributed by atoms with Gasteiger partial charge in [0, 0.05) is 12.1 Å². The molecule has 5 heteroatoms. The average Bonchev–Trinajstić information content (AvgIpc) is 2.81. The molecule has 1 heterocycles. The van der Waals surface area contributed by atoms with E-state index in [1.165, 1.54) is 4.80 Å². The third kappa shape index (κ3) is 1.76. The van der Waals surface area contributed by atoms with Crippen molar-refractivity contribution in [3.8, 4) is 17.2 Å². The number of hydrogen-bond donors (Lipinski definition) is 0. The molecule has 0 amide bonds. The molecule has 0 saturated carbocycles. The summed E-state index contributed by atoms with van der Waals surface area (Å²) in [5.41, 5.74) is 0.706. The molecule has 2 rings (SSSR count). The molecule has 1 aromatic carbocycles. The van der Waals surface area contributed by atoms with Crippen molar-refractivity contribution in [1.29, 1.82) is 0 Å². The summed E-state index contributed by atoms with van der Waals surface area (Å²) in [4.78, 5) is 1.46. The number of methoxy groups -OCH3 is 2. The van der Waals surface area contributed by atoms with Gasteiger partial charge in [-0.1, -0.05) is 0 Å². The van der Waals surface area contributed by atoms with E-state index in [-0.39, 0.29) is 0 Å².